The molecule has 0 saturated heterocycles. The summed E-state index contributed by atoms with van der Waals surface area (Å²) in [6.45, 7) is -0.0491. The highest BCUT2D eigenvalue weighted by Crippen LogP contribution is 2.04. The van der Waals surface area contributed by atoms with Crippen LogP contribution in [0.5, 0.6) is 0 Å². The monoisotopic (exact) mass is 265 g/mol. The summed E-state index contributed by atoms with van der Waals surface area (Å²) >= 11 is 0. The van der Waals surface area contributed by atoms with Crippen LogP contribution in [0.4, 0.5) is 0 Å². The van der Waals surface area contributed by atoms with Crippen molar-refractivity contribution < 1.29 is 19.5 Å². The number of pyridine rings is 1. The van der Waals surface area contributed by atoms with E-state index < -0.39 is 5.97 Å². The standard InChI is InChI=1S/C12H15N3O4/c1-14(2)10(16)7-15(3)11(17)8-4-5-9(12(18)19)13-6-8/h4-6H,7H2,1-3H3,(H,18,19). The lowest BCUT2D eigenvalue weighted by atomic mass is 10.2. The van der Waals surface area contributed by atoms with Gasteiger partial charge < -0.3 is 14.9 Å². The molecule has 0 aliphatic carbocycles. The molecule has 1 rings (SSSR count). The third-order valence-electron chi connectivity index (χ3n) is 2.45. The summed E-state index contributed by atoms with van der Waals surface area (Å²) in [7, 11) is 4.70. The van der Waals surface area contributed by atoms with Gasteiger partial charge in [-0.2, -0.15) is 0 Å². The minimum absolute atomic E-state index is 0.0491. The maximum Gasteiger partial charge on any atom is 0.354 e. The Morgan fingerprint density at radius 2 is 1.84 bits per heavy atom. The second-order valence-corrected chi connectivity index (χ2v) is 4.19. The van der Waals surface area contributed by atoms with E-state index in [2.05, 4.69) is 4.98 Å². The minimum atomic E-state index is -1.16. The summed E-state index contributed by atoms with van der Waals surface area (Å²) in [5.41, 5.74) is 0.0997. The van der Waals surface area contributed by atoms with Crippen molar-refractivity contribution in [3.63, 3.8) is 0 Å². The third-order valence-corrected chi connectivity index (χ3v) is 2.45. The Labute approximate surface area is 110 Å². The molecule has 0 radical (unpaired) electrons. The van der Waals surface area contributed by atoms with Crippen LogP contribution in [-0.4, -0.2) is 65.4 Å². The second-order valence-electron chi connectivity index (χ2n) is 4.19. The molecule has 0 aliphatic heterocycles. The van der Waals surface area contributed by atoms with Crippen LogP contribution in [0.1, 0.15) is 20.8 Å². The zero-order valence-electron chi connectivity index (χ0n) is 11.0. The van der Waals surface area contributed by atoms with E-state index in [1.165, 1.54) is 35.2 Å². The SMILES string of the molecule is CN(C)C(=O)CN(C)C(=O)c1ccc(C(=O)O)nc1. The number of carboxylic acid groups (broad SMARTS) is 1. The van der Waals surface area contributed by atoms with E-state index in [0.29, 0.717) is 0 Å². The van der Waals surface area contributed by atoms with Gasteiger partial charge in [0.25, 0.3) is 5.91 Å². The summed E-state index contributed by atoms with van der Waals surface area (Å²) in [5.74, 6) is -1.75. The maximum absolute atomic E-state index is 12.0. The molecule has 0 aromatic carbocycles. The molecule has 7 nitrogen and oxygen atoms in total. The van der Waals surface area contributed by atoms with Crippen molar-refractivity contribution >= 4 is 17.8 Å². The first kappa shape index (κ1) is 14.6. The smallest absolute Gasteiger partial charge is 0.354 e. The van der Waals surface area contributed by atoms with E-state index in [1.807, 2.05) is 0 Å². The zero-order chi connectivity index (χ0) is 14.6. The molecule has 1 N–H and O–H groups in total. The minimum Gasteiger partial charge on any atom is -0.477 e. The number of hydrogen-bond donors (Lipinski definition) is 1. The van der Waals surface area contributed by atoms with Gasteiger partial charge in [-0.1, -0.05) is 0 Å². The number of hydrogen-bond acceptors (Lipinski definition) is 4. The Morgan fingerprint density at radius 1 is 1.21 bits per heavy atom. The lowest BCUT2D eigenvalue weighted by Gasteiger charge is -2.19. The fourth-order valence-electron chi connectivity index (χ4n) is 1.28. The summed E-state index contributed by atoms with van der Waals surface area (Å²) in [4.78, 5) is 40.3. The molecule has 0 fully saturated rings. The highest BCUT2D eigenvalue weighted by atomic mass is 16.4. The van der Waals surface area contributed by atoms with Crippen molar-refractivity contribution in [2.75, 3.05) is 27.7 Å². The van der Waals surface area contributed by atoms with Crippen LogP contribution in [0.3, 0.4) is 0 Å². The first-order valence-corrected chi connectivity index (χ1v) is 5.48. The van der Waals surface area contributed by atoms with E-state index in [9.17, 15) is 14.4 Å². The molecule has 0 unspecified atom stereocenters. The van der Waals surface area contributed by atoms with Gasteiger partial charge in [0.1, 0.15) is 5.69 Å². The molecule has 0 aliphatic rings. The van der Waals surface area contributed by atoms with Gasteiger partial charge >= 0.3 is 5.97 Å². The molecule has 1 aromatic rings. The predicted octanol–water partition coefficient (Wildman–Crippen LogP) is -0.0600. The molecular weight excluding hydrogens is 250 g/mol. The van der Waals surface area contributed by atoms with Gasteiger partial charge in [-0.25, -0.2) is 9.78 Å². The van der Waals surface area contributed by atoms with Crippen LogP contribution in [0.25, 0.3) is 0 Å². The number of carbonyl (C=O) groups excluding carboxylic acids is 2. The van der Waals surface area contributed by atoms with E-state index >= 15 is 0 Å². The summed E-state index contributed by atoms with van der Waals surface area (Å²) in [6.07, 6.45) is 1.18. The second kappa shape index (κ2) is 5.94. The van der Waals surface area contributed by atoms with E-state index in [1.54, 1.807) is 14.1 Å². The number of amides is 2. The van der Waals surface area contributed by atoms with Crippen LogP contribution >= 0.6 is 0 Å². The van der Waals surface area contributed by atoms with Crippen LogP contribution in [0.15, 0.2) is 18.3 Å². The van der Waals surface area contributed by atoms with Crippen molar-refractivity contribution in [3.8, 4) is 0 Å². The van der Waals surface area contributed by atoms with E-state index in [0.717, 1.165) is 0 Å². The molecule has 1 aromatic heterocycles. The first-order valence-electron chi connectivity index (χ1n) is 5.48. The highest BCUT2D eigenvalue weighted by molar-refractivity contribution is 5.96. The lowest BCUT2D eigenvalue weighted by molar-refractivity contribution is -0.129. The highest BCUT2D eigenvalue weighted by Gasteiger charge is 2.16. The van der Waals surface area contributed by atoms with E-state index in [-0.39, 0.29) is 29.6 Å². The third kappa shape index (κ3) is 3.77. The Hall–Kier alpha value is -2.44. The number of aromatic nitrogens is 1. The van der Waals surface area contributed by atoms with Crippen molar-refractivity contribution in [2.24, 2.45) is 0 Å². The number of carboxylic acids is 1. The number of rotatable bonds is 4. The topological polar surface area (TPSA) is 90.8 Å². The molecule has 19 heavy (non-hydrogen) atoms. The average molecular weight is 265 g/mol. The number of carbonyl (C=O) groups is 3. The Kier molecular flexibility index (Phi) is 4.57. The number of aromatic carboxylic acids is 1. The maximum atomic E-state index is 12.0. The quantitative estimate of drug-likeness (QED) is 0.823. The van der Waals surface area contributed by atoms with Gasteiger partial charge in [-0.05, 0) is 12.1 Å². The largest absolute Gasteiger partial charge is 0.477 e. The normalized spacial score (nSPS) is 9.84. The molecule has 7 heteroatoms. The molecule has 0 atom stereocenters. The molecule has 102 valence electrons. The van der Waals surface area contributed by atoms with Crippen LogP contribution in [0.2, 0.25) is 0 Å². The molecule has 0 bridgehead atoms. The molecule has 1 heterocycles. The van der Waals surface area contributed by atoms with Crippen LogP contribution in [0, 0.1) is 0 Å². The fraction of sp³-hybridized carbons (Fsp3) is 0.333. The van der Waals surface area contributed by atoms with Crippen molar-refractivity contribution in [1.82, 2.24) is 14.8 Å². The van der Waals surface area contributed by atoms with Crippen molar-refractivity contribution in [1.29, 1.82) is 0 Å². The number of nitrogens with zero attached hydrogens (tertiary/aromatic N) is 3. The number of likely N-dealkylation sites (N-methyl/N-ethyl adjacent to an activating group) is 2. The van der Waals surface area contributed by atoms with Gasteiger partial charge in [0.15, 0.2) is 0 Å². The van der Waals surface area contributed by atoms with Crippen molar-refractivity contribution in [3.05, 3.63) is 29.6 Å². The molecule has 0 spiro atoms. The zero-order valence-corrected chi connectivity index (χ0v) is 11.0. The Morgan fingerprint density at radius 3 is 2.26 bits per heavy atom. The van der Waals surface area contributed by atoms with Crippen molar-refractivity contribution in [2.45, 2.75) is 0 Å². The molecular formula is C12H15N3O4. The van der Waals surface area contributed by atoms with Gasteiger partial charge in [0.2, 0.25) is 5.91 Å². The first-order chi connectivity index (χ1) is 8.82. The summed E-state index contributed by atoms with van der Waals surface area (Å²) in [6, 6.07) is 2.62. The molecule has 0 saturated carbocycles. The van der Waals surface area contributed by atoms with Gasteiger partial charge in [-0.15, -0.1) is 0 Å². The Bertz CT molecular complexity index is 496. The van der Waals surface area contributed by atoms with E-state index in [4.69, 9.17) is 5.11 Å². The van der Waals surface area contributed by atoms with Gasteiger partial charge in [-0.3, -0.25) is 9.59 Å². The summed E-state index contributed by atoms with van der Waals surface area (Å²) < 4.78 is 0. The Balaban J connectivity index is 2.77. The summed E-state index contributed by atoms with van der Waals surface area (Å²) in [5, 5.41) is 8.70. The van der Waals surface area contributed by atoms with Crippen LogP contribution < -0.4 is 0 Å². The molecule has 2 amide bonds. The fourth-order valence-corrected chi connectivity index (χ4v) is 1.28. The van der Waals surface area contributed by atoms with Gasteiger partial charge in [0, 0.05) is 27.3 Å². The lowest BCUT2D eigenvalue weighted by Crippen LogP contribution is -2.37. The predicted molar refractivity (Wildman–Crippen MR) is 66.9 cm³/mol. The van der Waals surface area contributed by atoms with Gasteiger partial charge in [0.05, 0.1) is 12.1 Å². The average Bonchev–Trinajstić information content (AvgIpc) is 2.37. The van der Waals surface area contributed by atoms with Crippen LogP contribution in [-0.2, 0) is 4.79 Å².